The summed E-state index contributed by atoms with van der Waals surface area (Å²) in [5.74, 6) is -0.381. The fraction of sp³-hybridized carbons (Fsp3) is 0.160. The third-order valence-corrected chi connectivity index (χ3v) is 5.12. The van der Waals surface area contributed by atoms with Gasteiger partial charge in [0.1, 0.15) is 11.4 Å². The summed E-state index contributed by atoms with van der Waals surface area (Å²) >= 11 is 0. The lowest BCUT2D eigenvalue weighted by molar-refractivity contribution is -0.119. The molecule has 0 spiro atoms. The summed E-state index contributed by atoms with van der Waals surface area (Å²) in [6, 6.07) is 19.7. The summed E-state index contributed by atoms with van der Waals surface area (Å²) in [5.41, 5.74) is 9.68. The molecular weight excluding hydrogens is 402 g/mol. The van der Waals surface area contributed by atoms with Crippen molar-refractivity contribution in [2.24, 2.45) is 5.73 Å². The van der Waals surface area contributed by atoms with Crippen LogP contribution in [0.1, 0.15) is 36.1 Å². The van der Waals surface area contributed by atoms with E-state index in [2.05, 4.69) is 15.6 Å². The van der Waals surface area contributed by atoms with Gasteiger partial charge in [0.25, 0.3) is 5.91 Å². The van der Waals surface area contributed by atoms with Crippen molar-refractivity contribution in [1.29, 1.82) is 0 Å². The number of carbonyl (C=O) groups is 1. The van der Waals surface area contributed by atoms with E-state index in [1.807, 2.05) is 36.4 Å². The topological polar surface area (TPSA) is 126 Å². The Morgan fingerprint density at radius 2 is 1.81 bits per heavy atom. The first-order chi connectivity index (χ1) is 15.5. The molecule has 0 saturated heterocycles. The highest BCUT2D eigenvalue weighted by Crippen LogP contribution is 2.27. The normalized spacial score (nSPS) is 12.4. The van der Waals surface area contributed by atoms with Crippen LogP contribution in [-0.4, -0.2) is 21.7 Å². The van der Waals surface area contributed by atoms with E-state index in [4.69, 9.17) is 11.1 Å². The molecule has 0 saturated carbocycles. The third kappa shape index (κ3) is 5.95. The van der Waals surface area contributed by atoms with Crippen LogP contribution < -0.4 is 21.8 Å². The van der Waals surface area contributed by atoms with Gasteiger partial charge in [0, 0.05) is 30.2 Å². The maximum Gasteiger partial charge on any atom is 0.269 e. The van der Waals surface area contributed by atoms with Crippen LogP contribution >= 0.6 is 0 Å². The minimum absolute atomic E-state index is 0.0678. The van der Waals surface area contributed by atoms with Gasteiger partial charge in [-0.05, 0) is 30.7 Å². The van der Waals surface area contributed by atoms with E-state index in [9.17, 15) is 9.90 Å². The summed E-state index contributed by atoms with van der Waals surface area (Å²) in [4.78, 5) is 17.0. The standard InChI is InChI=1S/C25H27N5O2/c1-17(29-15-18-8-3-2-4-9-18)24(27)25(32)30-22(20-11-5-6-12-23(20)31)14-21(26)19-10-7-13-28-16-19/h2-13,16,22,26,29,31H,14-15,27H2,1H3,(H,30,32)/p+1/b24-17-,26-21?. The van der Waals surface area contributed by atoms with Gasteiger partial charge in [-0.2, -0.15) is 0 Å². The van der Waals surface area contributed by atoms with Crippen molar-refractivity contribution in [3.8, 4) is 5.75 Å². The molecule has 1 amide bonds. The van der Waals surface area contributed by atoms with Gasteiger partial charge in [-0.25, -0.2) is 0 Å². The second kappa shape index (κ2) is 10.8. The molecule has 1 atom stereocenters. The fourth-order valence-electron chi connectivity index (χ4n) is 3.24. The van der Waals surface area contributed by atoms with Crippen LogP contribution in [0, 0.1) is 0 Å². The molecule has 7 heteroatoms. The van der Waals surface area contributed by atoms with Crippen molar-refractivity contribution < 1.29 is 15.3 Å². The van der Waals surface area contributed by atoms with Gasteiger partial charge in [-0.3, -0.25) is 15.2 Å². The predicted molar refractivity (Wildman–Crippen MR) is 124 cm³/mol. The monoisotopic (exact) mass is 430 g/mol. The van der Waals surface area contributed by atoms with E-state index < -0.39 is 11.9 Å². The van der Waals surface area contributed by atoms with E-state index in [0.717, 1.165) is 11.1 Å². The Morgan fingerprint density at radius 3 is 2.50 bits per heavy atom. The number of hydrogen-bond acceptors (Lipinski definition) is 5. The Labute approximate surface area is 187 Å². The molecule has 0 aliphatic heterocycles. The molecule has 3 rings (SSSR count). The van der Waals surface area contributed by atoms with E-state index in [1.54, 1.807) is 49.6 Å². The van der Waals surface area contributed by atoms with E-state index in [0.29, 0.717) is 23.5 Å². The van der Waals surface area contributed by atoms with Crippen molar-refractivity contribution >= 4 is 11.6 Å². The number of aromatic nitrogens is 1. The van der Waals surface area contributed by atoms with Crippen LogP contribution in [-0.2, 0) is 11.3 Å². The number of phenols is 1. The van der Waals surface area contributed by atoms with E-state index >= 15 is 0 Å². The van der Waals surface area contributed by atoms with Gasteiger partial charge >= 0.3 is 0 Å². The number of hydrogen-bond donors (Lipinski definition) is 5. The molecule has 2 aromatic carbocycles. The molecule has 0 bridgehead atoms. The van der Waals surface area contributed by atoms with Crippen molar-refractivity contribution in [3.63, 3.8) is 0 Å². The maximum absolute atomic E-state index is 12.9. The van der Waals surface area contributed by atoms with Crippen LogP contribution in [0.15, 0.2) is 90.5 Å². The lowest BCUT2D eigenvalue weighted by Gasteiger charge is -2.20. The summed E-state index contributed by atoms with van der Waals surface area (Å²) in [6.45, 7) is 2.30. The second-order valence-electron chi connectivity index (χ2n) is 7.43. The molecule has 1 unspecified atom stereocenters. The highest BCUT2D eigenvalue weighted by Gasteiger charge is 2.24. The van der Waals surface area contributed by atoms with Gasteiger partial charge in [0.2, 0.25) is 0 Å². The molecule has 0 radical (unpaired) electrons. The van der Waals surface area contributed by atoms with Gasteiger partial charge in [-0.1, -0.05) is 48.5 Å². The first-order valence-corrected chi connectivity index (χ1v) is 10.3. The van der Waals surface area contributed by atoms with Crippen LogP contribution in [0.25, 0.3) is 0 Å². The highest BCUT2D eigenvalue weighted by atomic mass is 16.3. The molecular formula is C25H28N5O2+. The number of pyridine rings is 1. The van der Waals surface area contributed by atoms with Crippen LogP contribution in [0.3, 0.4) is 0 Å². The predicted octanol–water partition coefficient (Wildman–Crippen LogP) is 1.56. The van der Waals surface area contributed by atoms with Crippen molar-refractivity contribution in [1.82, 2.24) is 15.6 Å². The highest BCUT2D eigenvalue weighted by molar-refractivity contribution is 5.97. The summed E-state index contributed by atoms with van der Waals surface area (Å²) in [5, 5.41) is 22.7. The van der Waals surface area contributed by atoms with Gasteiger partial charge in [0.15, 0.2) is 5.71 Å². The molecule has 0 fully saturated rings. The van der Waals surface area contributed by atoms with Crippen molar-refractivity contribution in [2.75, 3.05) is 0 Å². The lowest BCUT2D eigenvalue weighted by atomic mass is 9.97. The first-order valence-electron chi connectivity index (χ1n) is 10.3. The number of para-hydroxylation sites is 1. The smallest absolute Gasteiger partial charge is 0.269 e. The Balaban J connectivity index is 1.76. The lowest BCUT2D eigenvalue weighted by Crippen LogP contribution is -2.44. The quantitative estimate of drug-likeness (QED) is 0.260. The Kier molecular flexibility index (Phi) is 7.59. The molecule has 0 aliphatic carbocycles. The first kappa shape index (κ1) is 22.6. The number of phenolic OH excluding ortho intramolecular Hbond substituents is 1. The Hall–Kier alpha value is -4.13. The zero-order valence-electron chi connectivity index (χ0n) is 18.0. The molecule has 3 aromatic rings. The summed E-state index contributed by atoms with van der Waals surface area (Å²) in [7, 11) is 0. The summed E-state index contributed by atoms with van der Waals surface area (Å²) in [6.07, 6.45) is 3.60. The van der Waals surface area contributed by atoms with Crippen molar-refractivity contribution in [3.05, 3.63) is 107 Å². The molecule has 32 heavy (non-hydrogen) atoms. The summed E-state index contributed by atoms with van der Waals surface area (Å²) < 4.78 is 0. The molecule has 7 N–H and O–H groups in total. The fourth-order valence-corrected chi connectivity index (χ4v) is 3.24. The van der Waals surface area contributed by atoms with Crippen LogP contribution in [0.2, 0.25) is 0 Å². The zero-order valence-corrected chi connectivity index (χ0v) is 18.0. The number of nitrogens with zero attached hydrogens (tertiary/aromatic N) is 1. The van der Waals surface area contributed by atoms with Gasteiger partial charge in [0.05, 0.1) is 18.0 Å². The minimum atomic E-state index is -0.579. The number of rotatable bonds is 9. The molecule has 1 aromatic heterocycles. The minimum Gasteiger partial charge on any atom is -0.508 e. The molecule has 7 nitrogen and oxygen atoms in total. The average Bonchev–Trinajstić information content (AvgIpc) is 2.83. The SMILES string of the molecule is C/C(NCc1ccccc1)=C(/N)C(=O)NC(CC(=[NH2+])c1cccnc1)c1ccccc1O. The number of allylic oxidation sites excluding steroid dienone is 1. The molecule has 0 aliphatic rings. The van der Waals surface area contributed by atoms with Crippen LogP contribution in [0.4, 0.5) is 0 Å². The van der Waals surface area contributed by atoms with Gasteiger partial charge in [-0.15, -0.1) is 0 Å². The zero-order chi connectivity index (χ0) is 22.9. The number of nitrogens with one attached hydrogen (secondary N) is 2. The number of benzene rings is 2. The van der Waals surface area contributed by atoms with Gasteiger partial charge < -0.3 is 21.5 Å². The Bertz CT molecular complexity index is 1100. The maximum atomic E-state index is 12.9. The molecule has 164 valence electrons. The average molecular weight is 431 g/mol. The largest absolute Gasteiger partial charge is 0.508 e. The third-order valence-electron chi connectivity index (χ3n) is 5.12. The van der Waals surface area contributed by atoms with E-state index in [-0.39, 0.29) is 17.9 Å². The number of nitrogens with two attached hydrogens (primary N) is 2. The Morgan fingerprint density at radius 1 is 1.09 bits per heavy atom. The molecule has 1 heterocycles. The number of carbonyl (C=O) groups excluding carboxylic acids is 1. The number of amides is 1. The van der Waals surface area contributed by atoms with E-state index in [1.165, 1.54) is 0 Å². The second-order valence-corrected chi connectivity index (χ2v) is 7.43. The number of aromatic hydroxyl groups is 1. The van der Waals surface area contributed by atoms with Crippen molar-refractivity contribution in [2.45, 2.75) is 25.9 Å². The van der Waals surface area contributed by atoms with Crippen LogP contribution in [0.5, 0.6) is 5.75 Å².